The molecule has 0 saturated carbocycles. The van der Waals surface area contributed by atoms with Crippen molar-refractivity contribution < 1.29 is 9.53 Å². The van der Waals surface area contributed by atoms with E-state index in [1.165, 1.54) is 0 Å². The van der Waals surface area contributed by atoms with E-state index in [0.29, 0.717) is 18.9 Å². The highest BCUT2D eigenvalue weighted by molar-refractivity contribution is 6.17. The topological polar surface area (TPSA) is 26.3 Å². The van der Waals surface area contributed by atoms with Crippen molar-refractivity contribution in [1.29, 1.82) is 0 Å². The number of carbonyl (C=O) groups is 1. The number of allylic oxidation sites excluding steroid dienone is 1. The summed E-state index contributed by atoms with van der Waals surface area (Å²) < 4.78 is 4.84. The van der Waals surface area contributed by atoms with E-state index in [2.05, 4.69) is 0 Å². The smallest absolute Gasteiger partial charge is 0.333 e. The van der Waals surface area contributed by atoms with Gasteiger partial charge in [0.2, 0.25) is 0 Å². The standard InChI is InChI=1S/C9H15ClO2/c1-3-8(6-5-7-10)9(11)12-4-2/h6H,3-5,7H2,1-2H3/b8-6-. The molecule has 0 amide bonds. The van der Waals surface area contributed by atoms with Gasteiger partial charge in [-0.05, 0) is 19.8 Å². The average Bonchev–Trinajstić information content (AvgIpc) is 2.06. The summed E-state index contributed by atoms with van der Waals surface area (Å²) in [5, 5.41) is 0. The van der Waals surface area contributed by atoms with Crippen LogP contribution in [0.5, 0.6) is 0 Å². The summed E-state index contributed by atoms with van der Waals surface area (Å²) in [6, 6.07) is 0. The van der Waals surface area contributed by atoms with Crippen LogP contribution in [0.1, 0.15) is 26.7 Å². The lowest BCUT2D eigenvalue weighted by molar-refractivity contribution is -0.138. The Morgan fingerprint density at radius 1 is 1.50 bits per heavy atom. The molecule has 0 unspecified atom stereocenters. The van der Waals surface area contributed by atoms with Gasteiger partial charge in [0.25, 0.3) is 0 Å². The van der Waals surface area contributed by atoms with Crippen molar-refractivity contribution in [2.45, 2.75) is 26.7 Å². The summed E-state index contributed by atoms with van der Waals surface area (Å²) in [5.74, 6) is 0.327. The number of hydrogen-bond acceptors (Lipinski definition) is 2. The van der Waals surface area contributed by atoms with E-state index in [1.807, 2.05) is 13.0 Å². The van der Waals surface area contributed by atoms with Gasteiger partial charge < -0.3 is 4.74 Å². The molecule has 0 aromatic heterocycles. The number of ether oxygens (including phenoxy) is 1. The Bertz CT molecular complexity index is 164. The summed E-state index contributed by atoms with van der Waals surface area (Å²) in [5.41, 5.74) is 0.720. The maximum atomic E-state index is 11.1. The highest BCUT2D eigenvalue weighted by atomic mass is 35.5. The number of hydrogen-bond donors (Lipinski definition) is 0. The Labute approximate surface area is 78.5 Å². The van der Waals surface area contributed by atoms with Gasteiger partial charge in [-0.2, -0.15) is 0 Å². The predicted molar refractivity (Wildman–Crippen MR) is 50.3 cm³/mol. The van der Waals surface area contributed by atoms with Gasteiger partial charge in [-0.15, -0.1) is 11.6 Å². The number of carbonyl (C=O) groups excluding carboxylic acids is 1. The maximum Gasteiger partial charge on any atom is 0.333 e. The normalized spacial score (nSPS) is 11.4. The molecule has 0 aliphatic heterocycles. The first-order chi connectivity index (χ1) is 5.76. The summed E-state index contributed by atoms with van der Waals surface area (Å²) in [7, 11) is 0. The van der Waals surface area contributed by atoms with Gasteiger partial charge in [-0.3, -0.25) is 0 Å². The Kier molecular flexibility index (Phi) is 6.87. The SMILES string of the molecule is CCOC(=O)/C(=C\CCCl)CC. The Hall–Kier alpha value is -0.500. The monoisotopic (exact) mass is 190 g/mol. The number of alkyl halides is 1. The Morgan fingerprint density at radius 3 is 2.58 bits per heavy atom. The van der Waals surface area contributed by atoms with E-state index < -0.39 is 0 Å². The van der Waals surface area contributed by atoms with Gasteiger partial charge in [-0.25, -0.2) is 4.79 Å². The van der Waals surface area contributed by atoms with E-state index in [9.17, 15) is 4.79 Å². The van der Waals surface area contributed by atoms with Crippen molar-refractivity contribution in [3.63, 3.8) is 0 Å². The first-order valence-electron chi connectivity index (χ1n) is 4.18. The van der Waals surface area contributed by atoms with Crippen molar-refractivity contribution in [3.8, 4) is 0 Å². The molecule has 70 valence electrons. The number of rotatable bonds is 5. The van der Waals surface area contributed by atoms with E-state index in [-0.39, 0.29) is 5.97 Å². The van der Waals surface area contributed by atoms with Crippen molar-refractivity contribution in [3.05, 3.63) is 11.6 Å². The van der Waals surface area contributed by atoms with Gasteiger partial charge in [0, 0.05) is 11.5 Å². The number of esters is 1. The van der Waals surface area contributed by atoms with Crippen LogP contribution >= 0.6 is 11.6 Å². The van der Waals surface area contributed by atoms with Crippen LogP contribution in [0.2, 0.25) is 0 Å². The summed E-state index contributed by atoms with van der Waals surface area (Å²) >= 11 is 5.49. The van der Waals surface area contributed by atoms with Crippen LogP contribution in [0.15, 0.2) is 11.6 Å². The van der Waals surface area contributed by atoms with Gasteiger partial charge >= 0.3 is 5.97 Å². The molecule has 0 spiro atoms. The summed E-state index contributed by atoms with van der Waals surface area (Å²) in [6.07, 6.45) is 3.27. The second-order valence-corrected chi connectivity index (χ2v) is 2.66. The van der Waals surface area contributed by atoms with Crippen molar-refractivity contribution >= 4 is 17.6 Å². The van der Waals surface area contributed by atoms with Crippen LogP contribution in [0, 0.1) is 0 Å². The minimum absolute atomic E-state index is 0.217. The van der Waals surface area contributed by atoms with Crippen LogP contribution in [0.4, 0.5) is 0 Å². The first-order valence-corrected chi connectivity index (χ1v) is 4.71. The lowest BCUT2D eigenvalue weighted by Crippen LogP contribution is -2.06. The van der Waals surface area contributed by atoms with Crippen LogP contribution < -0.4 is 0 Å². The lowest BCUT2D eigenvalue weighted by Gasteiger charge is -2.03. The van der Waals surface area contributed by atoms with E-state index >= 15 is 0 Å². The zero-order chi connectivity index (χ0) is 9.40. The molecule has 0 fully saturated rings. The zero-order valence-corrected chi connectivity index (χ0v) is 8.36. The quantitative estimate of drug-likeness (QED) is 0.378. The molecule has 0 saturated heterocycles. The largest absolute Gasteiger partial charge is 0.463 e. The van der Waals surface area contributed by atoms with Crippen molar-refractivity contribution in [2.75, 3.05) is 12.5 Å². The maximum absolute atomic E-state index is 11.1. The molecule has 0 radical (unpaired) electrons. The van der Waals surface area contributed by atoms with Gasteiger partial charge in [0.1, 0.15) is 0 Å². The molecule has 0 aliphatic carbocycles. The lowest BCUT2D eigenvalue weighted by atomic mass is 10.2. The zero-order valence-electron chi connectivity index (χ0n) is 7.60. The predicted octanol–water partition coefficient (Wildman–Crippen LogP) is 2.51. The fourth-order valence-corrected chi connectivity index (χ4v) is 0.934. The fourth-order valence-electron chi connectivity index (χ4n) is 0.825. The molecule has 0 aliphatic rings. The highest BCUT2D eigenvalue weighted by Crippen LogP contribution is 2.05. The third-order valence-corrected chi connectivity index (χ3v) is 1.64. The second-order valence-electron chi connectivity index (χ2n) is 2.28. The van der Waals surface area contributed by atoms with E-state index in [0.717, 1.165) is 12.0 Å². The van der Waals surface area contributed by atoms with Crippen molar-refractivity contribution in [1.82, 2.24) is 0 Å². The molecule has 0 atom stereocenters. The minimum atomic E-state index is -0.217. The molecule has 2 nitrogen and oxygen atoms in total. The fraction of sp³-hybridized carbons (Fsp3) is 0.667. The van der Waals surface area contributed by atoms with Crippen LogP contribution in [0.25, 0.3) is 0 Å². The third-order valence-electron chi connectivity index (χ3n) is 1.42. The van der Waals surface area contributed by atoms with Crippen LogP contribution in [0.3, 0.4) is 0 Å². The van der Waals surface area contributed by atoms with Crippen LogP contribution in [-0.2, 0) is 9.53 Å². The van der Waals surface area contributed by atoms with Crippen molar-refractivity contribution in [2.24, 2.45) is 0 Å². The van der Waals surface area contributed by atoms with E-state index in [4.69, 9.17) is 16.3 Å². The first kappa shape index (κ1) is 11.5. The Morgan fingerprint density at radius 2 is 2.17 bits per heavy atom. The average molecular weight is 191 g/mol. The van der Waals surface area contributed by atoms with Gasteiger partial charge in [-0.1, -0.05) is 13.0 Å². The van der Waals surface area contributed by atoms with Gasteiger partial charge in [0.15, 0.2) is 0 Å². The Balaban J connectivity index is 4.04. The highest BCUT2D eigenvalue weighted by Gasteiger charge is 2.06. The molecule has 12 heavy (non-hydrogen) atoms. The minimum Gasteiger partial charge on any atom is -0.463 e. The molecular formula is C9H15ClO2. The molecule has 0 rings (SSSR count). The molecule has 0 heterocycles. The molecular weight excluding hydrogens is 176 g/mol. The molecule has 0 aromatic rings. The molecule has 0 bridgehead atoms. The van der Waals surface area contributed by atoms with E-state index in [1.54, 1.807) is 6.92 Å². The molecule has 0 N–H and O–H groups in total. The van der Waals surface area contributed by atoms with Gasteiger partial charge in [0.05, 0.1) is 6.61 Å². The van der Waals surface area contributed by atoms with Crippen LogP contribution in [-0.4, -0.2) is 18.5 Å². The summed E-state index contributed by atoms with van der Waals surface area (Å²) in [4.78, 5) is 11.1. The second kappa shape index (κ2) is 7.17. The molecule has 0 aromatic carbocycles. The summed E-state index contributed by atoms with van der Waals surface area (Å²) in [6.45, 7) is 4.15. The molecule has 3 heteroatoms. The number of halogens is 1. The third kappa shape index (κ3) is 4.39.